The smallest absolute Gasteiger partial charge is 0.315 e. The third-order valence-electron chi connectivity index (χ3n) is 4.74. The molecule has 1 saturated heterocycles. The number of hydrogen-bond donors (Lipinski definition) is 2. The van der Waals surface area contributed by atoms with E-state index in [1.807, 2.05) is 26.0 Å². The number of urea groups is 1. The maximum Gasteiger partial charge on any atom is 0.315 e. The molecule has 2 N–H and O–H groups in total. The number of carbonyl (C=O) groups excluding carboxylic acids is 1. The zero-order valence-electron chi connectivity index (χ0n) is 14.9. The second-order valence-corrected chi connectivity index (χ2v) is 6.63. The summed E-state index contributed by atoms with van der Waals surface area (Å²) in [5.74, 6) is 0. The summed E-state index contributed by atoms with van der Waals surface area (Å²) in [6.07, 6.45) is 5.98. The Bertz CT molecular complexity index is 698. The van der Waals surface area contributed by atoms with Gasteiger partial charge in [-0.2, -0.15) is 0 Å². The molecule has 5 heteroatoms. The fraction of sp³-hybridized carbons (Fsp3) is 0.400. The third-order valence-corrected chi connectivity index (χ3v) is 4.74. The van der Waals surface area contributed by atoms with Crippen LogP contribution in [0.5, 0.6) is 0 Å². The van der Waals surface area contributed by atoms with Crippen LogP contribution >= 0.6 is 0 Å². The number of anilines is 1. The van der Waals surface area contributed by atoms with E-state index in [-0.39, 0.29) is 18.1 Å². The number of nitrogens with one attached hydrogen (secondary N) is 2. The van der Waals surface area contributed by atoms with Crippen LogP contribution in [-0.2, 0) is 0 Å². The lowest BCUT2D eigenvalue weighted by Gasteiger charge is -2.22. The summed E-state index contributed by atoms with van der Waals surface area (Å²) in [4.78, 5) is 18.7. The predicted octanol–water partition coefficient (Wildman–Crippen LogP) is 3.80. The molecule has 0 saturated carbocycles. The summed E-state index contributed by atoms with van der Waals surface area (Å²) in [5.41, 5.74) is 3.40. The summed E-state index contributed by atoms with van der Waals surface area (Å²) < 4.78 is 0. The summed E-state index contributed by atoms with van der Waals surface area (Å²) >= 11 is 0. The van der Waals surface area contributed by atoms with E-state index in [2.05, 4.69) is 44.8 Å². The minimum absolute atomic E-state index is 0.0489. The second-order valence-electron chi connectivity index (χ2n) is 6.63. The van der Waals surface area contributed by atoms with Crippen molar-refractivity contribution in [1.82, 2.24) is 15.6 Å². The van der Waals surface area contributed by atoms with Gasteiger partial charge in [0, 0.05) is 31.2 Å². The zero-order chi connectivity index (χ0) is 17.6. The molecular formula is C20H26N4O. The van der Waals surface area contributed by atoms with Crippen LogP contribution in [0.1, 0.15) is 49.9 Å². The Morgan fingerprint density at radius 1 is 1.00 bits per heavy atom. The highest BCUT2D eigenvalue weighted by Gasteiger charge is 2.16. The maximum absolute atomic E-state index is 12.3. The van der Waals surface area contributed by atoms with E-state index in [1.54, 1.807) is 12.4 Å². The molecule has 1 aromatic carbocycles. The van der Waals surface area contributed by atoms with Crippen LogP contribution in [0.3, 0.4) is 0 Å². The topological polar surface area (TPSA) is 57.3 Å². The Morgan fingerprint density at radius 3 is 2.32 bits per heavy atom. The Labute approximate surface area is 149 Å². The molecule has 0 aliphatic carbocycles. The van der Waals surface area contributed by atoms with Gasteiger partial charge in [-0.25, -0.2) is 4.79 Å². The normalized spacial score (nSPS) is 16.3. The highest BCUT2D eigenvalue weighted by Crippen LogP contribution is 2.24. The molecule has 0 radical (unpaired) electrons. The first-order valence-corrected chi connectivity index (χ1v) is 8.95. The van der Waals surface area contributed by atoms with Crippen LogP contribution in [-0.4, -0.2) is 24.1 Å². The summed E-state index contributed by atoms with van der Waals surface area (Å²) in [7, 11) is 0. The van der Waals surface area contributed by atoms with E-state index in [0.29, 0.717) is 0 Å². The Morgan fingerprint density at radius 2 is 1.64 bits per heavy atom. The lowest BCUT2D eigenvalue weighted by atomic mass is 10.1. The van der Waals surface area contributed by atoms with Crippen LogP contribution in [0.4, 0.5) is 10.5 Å². The molecule has 2 atom stereocenters. The van der Waals surface area contributed by atoms with Gasteiger partial charge in [0.05, 0.1) is 12.1 Å². The fourth-order valence-electron chi connectivity index (χ4n) is 3.22. The van der Waals surface area contributed by atoms with Crippen molar-refractivity contribution in [3.8, 4) is 0 Å². The van der Waals surface area contributed by atoms with E-state index in [1.165, 1.54) is 18.5 Å². The highest BCUT2D eigenvalue weighted by molar-refractivity contribution is 5.75. The van der Waals surface area contributed by atoms with Gasteiger partial charge in [0.1, 0.15) is 0 Å². The first-order valence-electron chi connectivity index (χ1n) is 8.95. The molecular weight excluding hydrogens is 312 g/mol. The van der Waals surface area contributed by atoms with E-state index < -0.39 is 0 Å². The van der Waals surface area contributed by atoms with Gasteiger partial charge < -0.3 is 15.5 Å². The SMILES string of the molecule is C[C@H](NC(=O)N[C@@H](C)c1cccc(N2CCCC2)c1)c1ccncc1. The molecule has 132 valence electrons. The molecule has 2 heterocycles. The van der Waals surface area contributed by atoms with Crippen LogP contribution in [0.25, 0.3) is 0 Å². The first kappa shape index (κ1) is 17.3. The number of rotatable bonds is 5. The number of aromatic nitrogens is 1. The molecule has 0 bridgehead atoms. The van der Waals surface area contributed by atoms with Crippen LogP contribution in [0.15, 0.2) is 48.8 Å². The highest BCUT2D eigenvalue weighted by atomic mass is 16.2. The minimum atomic E-state index is -0.164. The van der Waals surface area contributed by atoms with Crippen molar-refractivity contribution >= 4 is 11.7 Å². The average Bonchev–Trinajstić information content (AvgIpc) is 3.17. The molecule has 0 unspecified atom stereocenters. The number of pyridine rings is 1. The van der Waals surface area contributed by atoms with Gasteiger partial charge >= 0.3 is 6.03 Å². The lowest BCUT2D eigenvalue weighted by Crippen LogP contribution is -2.38. The first-order chi connectivity index (χ1) is 12.1. The molecule has 5 nitrogen and oxygen atoms in total. The monoisotopic (exact) mass is 338 g/mol. The van der Waals surface area contributed by atoms with E-state index in [9.17, 15) is 4.79 Å². The average molecular weight is 338 g/mol. The molecule has 25 heavy (non-hydrogen) atoms. The second kappa shape index (κ2) is 8.01. The van der Waals surface area contributed by atoms with Crippen molar-refractivity contribution in [3.63, 3.8) is 0 Å². The molecule has 3 rings (SSSR count). The van der Waals surface area contributed by atoms with Crippen molar-refractivity contribution in [1.29, 1.82) is 0 Å². The maximum atomic E-state index is 12.3. The molecule has 1 aliphatic heterocycles. The number of benzene rings is 1. The van der Waals surface area contributed by atoms with Crippen LogP contribution < -0.4 is 15.5 Å². The Hall–Kier alpha value is -2.56. The minimum Gasteiger partial charge on any atom is -0.372 e. The van der Waals surface area contributed by atoms with E-state index in [4.69, 9.17) is 0 Å². The molecule has 2 aromatic rings. The van der Waals surface area contributed by atoms with Gasteiger partial charge in [-0.1, -0.05) is 12.1 Å². The zero-order valence-corrected chi connectivity index (χ0v) is 14.9. The molecule has 1 fully saturated rings. The van der Waals surface area contributed by atoms with Gasteiger partial charge in [-0.3, -0.25) is 4.98 Å². The van der Waals surface area contributed by atoms with Crippen LogP contribution in [0.2, 0.25) is 0 Å². The summed E-state index contributed by atoms with van der Waals surface area (Å²) in [6, 6.07) is 12.0. The fourth-order valence-corrected chi connectivity index (χ4v) is 3.22. The number of hydrogen-bond acceptors (Lipinski definition) is 3. The lowest BCUT2D eigenvalue weighted by molar-refractivity contribution is 0.235. The number of amides is 2. The molecule has 1 aliphatic rings. The van der Waals surface area contributed by atoms with Gasteiger partial charge in [-0.05, 0) is 62.1 Å². The van der Waals surface area contributed by atoms with Gasteiger partial charge in [0.15, 0.2) is 0 Å². The van der Waals surface area contributed by atoms with Gasteiger partial charge in [0.2, 0.25) is 0 Å². The Kier molecular flexibility index (Phi) is 5.53. The van der Waals surface area contributed by atoms with Crippen molar-refractivity contribution in [2.24, 2.45) is 0 Å². The number of carbonyl (C=O) groups is 1. The van der Waals surface area contributed by atoms with Gasteiger partial charge in [0.25, 0.3) is 0 Å². The van der Waals surface area contributed by atoms with E-state index >= 15 is 0 Å². The molecule has 2 amide bonds. The van der Waals surface area contributed by atoms with Crippen LogP contribution in [0, 0.1) is 0 Å². The van der Waals surface area contributed by atoms with Crippen molar-refractivity contribution < 1.29 is 4.79 Å². The summed E-state index contributed by atoms with van der Waals surface area (Å²) in [6.45, 7) is 6.22. The molecule has 1 aromatic heterocycles. The van der Waals surface area contributed by atoms with E-state index in [0.717, 1.165) is 24.2 Å². The molecule has 0 spiro atoms. The van der Waals surface area contributed by atoms with Gasteiger partial charge in [-0.15, -0.1) is 0 Å². The summed E-state index contributed by atoms with van der Waals surface area (Å²) in [5, 5.41) is 6.01. The predicted molar refractivity (Wildman–Crippen MR) is 101 cm³/mol. The quantitative estimate of drug-likeness (QED) is 0.872. The standard InChI is InChI=1S/C20H26N4O/c1-15(17-8-10-21-11-9-17)22-20(25)23-16(2)18-6-5-7-19(14-18)24-12-3-4-13-24/h5-11,14-16H,3-4,12-13H2,1-2H3,(H2,22,23,25)/t15-,16-/m0/s1. The third kappa shape index (κ3) is 4.50. The van der Waals surface area contributed by atoms with Crippen molar-refractivity contribution in [2.75, 3.05) is 18.0 Å². The largest absolute Gasteiger partial charge is 0.372 e. The van der Waals surface area contributed by atoms with Crippen molar-refractivity contribution in [2.45, 2.75) is 38.8 Å². The van der Waals surface area contributed by atoms with Crippen molar-refractivity contribution in [3.05, 3.63) is 59.9 Å². The Balaban J connectivity index is 1.59. The number of nitrogens with zero attached hydrogens (tertiary/aromatic N) is 2.